The van der Waals surface area contributed by atoms with Crippen LogP contribution in [-0.4, -0.2) is 45.7 Å². The molecule has 0 atom stereocenters. The fraction of sp³-hybridized carbons (Fsp3) is 0.588. The van der Waals surface area contributed by atoms with E-state index in [-0.39, 0.29) is 6.09 Å². The van der Waals surface area contributed by atoms with Crippen LogP contribution in [0, 0.1) is 0 Å². The highest BCUT2D eigenvalue weighted by atomic mass is 16.6. The van der Waals surface area contributed by atoms with Crippen molar-refractivity contribution in [1.82, 2.24) is 14.9 Å². The minimum absolute atomic E-state index is 0.258. The van der Waals surface area contributed by atoms with Gasteiger partial charge in [-0.25, -0.2) is 14.8 Å². The number of hydrogen-bond acceptors (Lipinski definition) is 5. The van der Waals surface area contributed by atoms with Crippen LogP contribution in [0.3, 0.4) is 0 Å². The van der Waals surface area contributed by atoms with E-state index in [0.717, 1.165) is 17.7 Å². The second kappa shape index (κ2) is 6.18. The first-order chi connectivity index (χ1) is 10.9. The van der Waals surface area contributed by atoms with Crippen molar-refractivity contribution in [2.45, 2.75) is 51.7 Å². The maximum atomic E-state index is 12.1. The average Bonchev–Trinajstić information content (AvgIpc) is 3.30. The summed E-state index contributed by atoms with van der Waals surface area (Å²) in [5.41, 5.74) is 1.63. The van der Waals surface area contributed by atoms with Crippen molar-refractivity contribution >= 4 is 17.6 Å². The fourth-order valence-electron chi connectivity index (χ4n) is 2.41. The van der Waals surface area contributed by atoms with Crippen molar-refractivity contribution in [3.63, 3.8) is 0 Å². The van der Waals surface area contributed by atoms with E-state index in [9.17, 15) is 4.79 Å². The standard InChI is InChI=1S/C17H24N4O2/c1-17(2,3)23-16(22)21-10-7-12(8-11-21)14-6-9-18-15(20-14)19-13-4-5-13/h6-7,9,13H,4-5,8,10-11H2,1-3H3,(H,18,19,20). The summed E-state index contributed by atoms with van der Waals surface area (Å²) >= 11 is 0. The number of nitrogens with zero attached hydrogens (tertiary/aromatic N) is 3. The number of nitrogens with one attached hydrogen (secondary N) is 1. The molecular formula is C17H24N4O2. The van der Waals surface area contributed by atoms with E-state index in [4.69, 9.17) is 4.74 Å². The van der Waals surface area contributed by atoms with Crippen LogP contribution >= 0.6 is 0 Å². The topological polar surface area (TPSA) is 67.3 Å². The zero-order valence-corrected chi connectivity index (χ0v) is 14.0. The van der Waals surface area contributed by atoms with Crippen LogP contribution in [0.2, 0.25) is 0 Å². The lowest BCUT2D eigenvalue weighted by atomic mass is 10.1. The van der Waals surface area contributed by atoms with Gasteiger partial charge in [-0.3, -0.25) is 0 Å². The van der Waals surface area contributed by atoms with Gasteiger partial charge in [0.05, 0.1) is 5.69 Å². The largest absolute Gasteiger partial charge is 0.444 e. The summed E-state index contributed by atoms with van der Waals surface area (Å²) in [7, 11) is 0. The maximum absolute atomic E-state index is 12.1. The lowest BCUT2D eigenvalue weighted by Crippen LogP contribution is -2.39. The SMILES string of the molecule is CC(C)(C)OC(=O)N1CC=C(c2ccnc(NC3CC3)n2)CC1. The maximum Gasteiger partial charge on any atom is 0.410 e. The molecule has 23 heavy (non-hydrogen) atoms. The monoisotopic (exact) mass is 316 g/mol. The molecule has 6 heteroatoms. The molecule has 0 unspecified atom stereocenters. The first-order valence-corrected chi connectivity index (χ1v) is 8.18. The molecule has 0 bridgehead atoms. The summed E-state index contributed by atoms with van der Waals surface area (Å²) in [5.74, 6) is 0.695. The average molecular weight is 316 g/mol. The Bertz CT molecular complexity index is 617. The summed E-state index contributed by atoms with van der Waals surface area (Å²) in [6, 6.07) is 2.46. The highest BCUT2D eigenvalue weighted by molar-refractivity contribution is 5.72. The van der Waals surface area contributed by atoms with Crippen molar-refractivity contribution in [2.24, 2.45) is 0 Å². The molecule has 1 saturated carbocycles. The molecule has 6 nitrogen and oxygen atoms in total. The Kier molecular flexibility index (Phi) is 4.24. The second-order valence-corrected chi connectivity index (χ2v) is 7.09. The van der Waals surface area contributed by atoms with Crippen molar-refractivity contribution in [3.8, 4) is 0 Å². The zero-order valence-electron chi connectivity index (χ0n) is 14.0. The normalized spacial score (nSPS) is 18.4. The third kappa shape index (κ3) is 4.43. The van der Waals surface area contributed by atoms with E-state index in [2.05, 4.69) is 21.4 Å². The van der Waals surface area contributed by atoms with E-state index in [1.807, 2.05) is 26.8 Å². The van der Waals surface area contributed by atoms with Crippen LogP contribution in [-0.2, 0) is 4.74 Å². The summed E-state index contributed by atoms with van der Waals surface area (Å²) in [4.78, 5) is 22.6. The number of hydrogen-bond donors (Lipinski definition) is 1. The Hall–Kier alpha value is -2.11. The fourth-order valence-corrected chi connectivity index (χ4v) is 2.41. The Balaban J connectivity index is 1.63. The highest BCUT2D eigenvalue weighted by Gasteiger charge is 2.25. The molecule has 1 aliphatic heterocycles. The molecule has 0 saturated heterocycles. The van der Waals surface area contributed by atoms with E-state index < -0.39 is 5.60 Å². The quantitative estimate of drug-likeness (QED) is 0.928. The molecular weight excluding hydrogens is 292 g/mol. The second-order valence-electron chi connectivity index (χ2n) is 7.09. The van der Waals surface area contributed by atoms with Crippen LogP contribution in [0.4, 0.5) is 10.7 Å². The predicted molar refractivity (Wildman–Crippen MR) is 89.1 cm³/mol. The first-order valence-electron chi connectivity index (χ1n) is 8.18. The van der Waals surface area contributed by atoms with Crippen molar-refractivity contribution in [1.29, 1.82) is 0 Å². The van der Waals surface area contributed by atoms with Crippen LogP contribution < -0.4 is 5.32 Å². The first kappa shape index (κ1) is 15.8. The molecule has 2 aliphatic rings. The number of carbonyl (C=O) groups is 1. The van der Waals surface area contributed by atoms with E-state index >= 15 is 0 Å². The Morgan fingerprint density at radius 1 is 1.39 bits per heavy atom. The van der Waals surface area contributed by atoms with Crippen LogP contribution in [0.25, 0.3) is 5.57 Å². The minimum Gasteiger partial charge on any atom is -0.444 e. The van der Waals surface area contributed by atoms with Gasteiger partial charge in [-0.1, -0.05) is 6.08 Å². The van der Waals surface area contributed by atoms with E-state index in [1.54, 1.807) is 11.1 Å². The number of carbonyl (C=O) groups excluding carboxylic acids is 1. The van der Waals surface area contributed by atoms with Gasteiger partial charge in [0.25, 0.3) is 0 Å². The van der Waals surface area contributed by atoms with Gasteiger partial charge in [0.1, 0.15) is 5.60 Å². The molecule has 1 aromatic rings. The molecule has 124 valence electrons. The Morgan fingerprint density at radius 3 is 2.78 bits per heavy atom. The molecule has 0 spiro atoms. The number of rotatable bonds is 3. The highest BCUT2D eigenvalue weighted by Crippen LogP contribution is 2.25. The van der Waals surface area contributed by atoms with Gasteiger partial charge in [0.2, 0.25) is 5.95 Å². The van der Waals surface area contributed by atoms with Crippen molar-refractivity contribution < 1.29 is 9.53 Å². The summed E-state index contributed by atoms with van der Waals surface area (Å²) in [6.45, 7) is 6.85. The van der Waals surface area contributed by atoms with Gasteiger partial charge < -0.3 is 15.0 Å². The minimum atomic E-state index is -0.461. The summed E-state index contributed by atoms with van der Waals surface area (Å²) in [6.07, 6.45) is 6.75. The van der Waals surface area contributed by atoms with Gasteiger partial charge in [0, 0.05) is 25.3 Å². The van der Waals surface area contributed by atoms with Crippen molar-refractivity contribution in [2.75, 3.05) is 18.4 Å². The van der Waals surface area contributed by atoms with Crippen LogP contribution in [0.1, 0.15) is 45.7 Å². The lowest BCUT2D eigenvalue weighted by molar-refractivity contribution is 0.0270. The van der Waals surface area contributed by atoms with Gasteiger partial charge in [0.15, 0.2) is 0 Å². The number of ether oxygens (including phenoxy) is 1. The van der Waals surface area contributed by atoms with E-state index in [1.165, 1.54) is 12.8 Å². The van der Waals surface area contributed by atoms with Gasteiger partial charge in [-0.05, 0) is 51.7 Å². The zero-order chi connectivity index (χ0) is 16.4. The number of anilines is 1. The Morgan fingerprint density at radius 2 is 2.17 bits per heavy atom. The molecule has 1 fully saturated rings. The Labute approximate surface area is 136 Å². The molecule has 0 radical (unpaired) electrons. The summed E-state index contributed by atoms with van der Waals surface area (Å²) in [5, 5.41) is 3.31. The van der Waals surface area contributed by atoms with Crippen LogP contribution in [0.15, 0.2) is 18.3 Å². The molecule has 1 aliphatic carbocycles. The van der Waals surface area contributed by atoms with Gasteiger partial charge in [-0.15, -0.1) is 0 Å². The van der Waals surface area contributed by atoms with Crippen LogP contribution in [0.5, 0.6) is 0 Å². The molecule has 0 aromatic carbocycles. The molecule has 2 heterocycles. The number of amides is 1. The van der Waals surface area contributed by atoms with E-state index in [0.29, 0.717) is 25.1 Å². The lowest BCUT2D eigenvalue weighted by Gasteiger charge is -2.29. The molecule has 1 aromatic heterocycles. The third-order valence-electron chi connectivity index (χ3n) is 3.76. The molecule has 1 amide bonds. The number of aromatic nitrogens is 2. The summed E-state index contributed by atoms with van der Waals surface area (Å²) < 4.78 is 5.41. The predicted octanol–water partition coefficient (Wildman–Crippen LogP) is 3.08. The molecule has 1 N–H and O–H groups in total. The third-order valence-corrected chi connectivity index (χ3v) is 3.76. The molecule has 3 rings (SSSR count). The van der Waals surface area contributed by atoms with Gasteiger partial charge in [-0.2, -0.15) is 0 Å². The van der Waals surface area contributed by atoms with Crippen molar-refractivity contribution in [3.05, 3.63) is 24.0 Å². The van der Waals surface area contributed by atoms with Gasteiger partial charge >= 0.3 is 6.09 Å². The smallest absolute Gasteiger partial charge is 0.410 e.